The molecule has 105 heavy (non-hydrogen) atoms. The van der Waals surface area contributed by atoms with E-state index in [4.69, 9.17) is 74.9 Å². The molecule has 23 nitrogen and oxygen atoms in total. The minimum absolute atomic E-state index is 0.0208. The van der Waals surface area contributed by atoms with Crippen molar-refractivity contribution < 1.29 is 82.8 Å². The summed E-state index contributed by atoms with van der Waals surface area (Å²) in [4.78, 5) is 13.5. The number of fused-ring (bicyclic) bond motifs is 1. The third-order valence-corrected chi connectivity index (χ3v) is 21.2. The number of nitrogens with zero attached hydrogens (tertiary/aromatic N) is 4. The van der Waals surface area contributed by atoms with Crippen LogP contribution in [0.5, 0.6) is 0 Å². The summed E-state index contributed by atoms with van der Waals surface area (Å²) in [6, 6.07) is 82.6. The van der Waals surface area contributed by atoms with Crippen molar-refractivity contribution in [2.24, 2.45) is 0 Å². The predicted molar refractivity (Wildman–Crippen MR) is 389 cm³/mol. The molecule has 4 heterocycles. The van der Waals surface area contributed by atoms with Gasteiger partial charge in [-0.2, -0.15) is 0 Å². The van der Waals surface area contributed by atoms with Crippen LogP contribution >= 0.6 is 23.5 Å². The number of imidazole rings is 1. The Bertz CT molecular complexity index is 4420. The first-order chi connectivity index (χ1) is 51.5. The standard InChI is InChI=1S/C79H80N5O18P3/c80-76-70-77(82-57-81-76)84(58-83-70)78-74(102-105(87,95-53-66-42-24-8-25-43-66)96-54-67-44-26-9-27-45-67)71(68(97-78)55-88-46-59-28-10-1-11-29-59)99-79-75(90-48-61-32-14-3-15-33-61)73(101-104(86,93-51-64-38-20-6-21-39-64)94-52-65-40-22-7-23-41-65)72(69(98-79)56-89-47-60-30-12-2-13-31-60)100-103(85,91-49-62-34-16-4-17-35-62)92-50-63-36-18-5-19-37-63/h1-45,57-58,68-69,71-75,78-79H,46-56H2,(H2,80,81,82)/t68-,69-,71-,72-,73+,74-,75+,78-,79-/m1/s1. The molecule has 2 N–H and O–H groups in total. The molecule has 2 fully saturated rings. The summed E-state index contributed by atoms with van der Waals surface area (Å²) >= 11 is 0. The van der Waals surface area contributed by atoms with Gasteiger partial charge >= 0.3 is 23.5 Å². The number of anilines is 1. The Kier molecular flexibility index (Phi) is 26.4. The number of nitrogen functional groups attached to an aromatic ring is 1. The molecule has 2 saturated heterocycles. The van der Waals surface area contributed by atoms with Crippen LogP contribution in [0.3, 0.4) is 0 Å². The van der Waals surface area contributed by atoms with Crippen LogP contribution in [-0.2, 0) is 142 Å². The van der Waals surface area contributed by atoms with Crippen molar-refractivity contribution in [3.8, 4) is 0 Å². The second-order valence-electron chi connectivity index (χ2n) is 24.7. The van der Waals surface area contributed by atoms with E-state index >= 15 is 13.7 Å². The summed E-state index contributed by atoms with van der Waals surface area (Å²) in [5.74, 6) is 0.0587. The first-order valence-electron chi connectivity index (χ1n) is 34.2. The van der Waals surface area contributed by atoms with E-state index in [0.29, 0.717) is 38.9 Å². The summed E-state index contributed by atoms with van der Waals surface area (Å²) in [7, 11) is -14.9. The van der Waals surface area contributed by atoms with Gasteiger partial charge in [0.2, 0.25) is 0 Å². The lowest BCUT2D eigenvalue weighted by molar-refractivity contribution is -0.325. The average Bonchev–Trinajstić information content (AvgIpc) is 1.65. The summed E-state index contributed by atoms with van der Waals surface area (Å²) < 4.78 is 153. The second-order valence-corrected chi connectivity index (χ2v) is 29.5. The number of ether oxygens (including phenoxy) is 6. The van der Waals surface area contributed by atoms with E-state index in [1.165, 1.54) is 12.7 Å². The van der Waals surface area contributed by atoms with Crippen LogP contribution in [0.25, 0.3) is 11.2 Å². The van der Waals surface area contributed by atoms with Crippen LogP contribution in [-0.4, -0.2) is 81.8 Å². The van der Waals surface area contributed by atoms with E-state index in [-0.39, 0.29) is 89.7 Å². The first kappa shape index (κ1) is 74.7. The molecule has 0 spiro atoms. The molecular formula is C79H80N5O18P3. The van der Waals surface area contributed by atoms with Crippen molar-refractivity contribution in [2.75, 3.05) is 18.9 Å². The van der Waals surface area contributed by atoms with Gasteiger partial charge in [0.25, 0.3) is 0 Å². The van der Waals surface area contributed by atoms with Gasteiger partial charge < -0.3 is 34.2 Å². The highest BCUT2D eigenvalue weighted by molar-refractivity contribution is 7.49. The zero-order valence-corrected chi connectivity index (χ0v) is 59.8. The van der Waals surface area contributed by atoms with Gasteiger partial charge in [-0.25, -0.2) is 28.6 Å². The lowest BCUT2D eigenvalue weighted by Gasteiger charge is -2.47. The monoisotopic (exact) mass is 1480 g/mol. The molecule has 26 heteroatoms. The number of benzene rings is 9. The maximum Gasteiger partial charge on any atom is 0.475 e. The van der Waals surface area contributed by atoms with Gasteiger partial charge in [0.15, 0.2) is 24.0 Å². The molecule has 0 saturated carbocycles. The Morgan fingerprint density at radius 1 is 0.343 bits per heavy atom. The summed E-state index contributed by atoms with van der Waals surface area (Å²) in [6.07, 6.45) is -11.5. The summed E-state index contributed by atoms with van der Waals surface area (Å²) in [6.45, 7) is -2.28. The molecular weight excluding hydrogens is 1400 g/mol. The zero-order chi connectivity index (χ0) is 71.9. The van der Waals surface area contributed by atoms with Crippen molar-refractivity contribution in [1.82, 2.24) is 19.5 Å². The van der Waals surface area contributed by atoms with Crippen LogP contribution < -0.4 is 5.73 Å². The van der Waals surface area contributed by atoms with Crippen LogP contribution in [0.4, 0.5) is 5.82 Å². The van der Waals surface area contributed by atoms with E-state index in [9.17, 15) is 0 Å². The van der Waals surface area contributed by atoms with E-state index < -0.39 is 78.7 Å². The van der Waals surface area contributed by atoms with Crippen LogP contribution in [0.2, 0.25) is 0 Å². The van der Waals surface area contributed by atoms with Crippen molar-refractivity contribution >= 4 is 40.4 Å². The fourth-order valence-corrected chi connectivity index (χ4v) is 15.8. The Labute approximate surface area is 609 Å². The van der Waals surface area contributed by atoms with Crippen LogP contribution in [0.1, 0.15) is 56.3 Å². The van der Waals surface area contributed by atoms with Gasteiger partial charge in [-0.1, -0.05) is 273 Å². The normalized spacial score (nSPS) is 19.9. The molecule has 13 rings (SSSR count). The molecule has 11 aromatic rings. The lowest BCUT2D eigenvalue weighted by Crippen LogP contribution is -2.62. The van der Waals surface area contributed by atoms with Crippen molar-refractivity contribution in [3.63, 3.8) is 0 Å². The molecule has 544 valence electrons. The molecule has 2 aliphatic rings. The topological polar surface area (TPSA) is 259 Å². The average molecular weight is 1480 g/mol. The highest BCUT2D eigenvalue weighted by atomic mass is 31.2. The van der Waals surface area contributed by atoms with E-state index in [0.717, 1.165) is 11.1 Å². The minimum Gasteiger partial charge on any atom is -0.382 e. The number of rotatable bonds is 38. The molecule has 0 aliphatic carbocycles. The molecule has 9 aromatic carbocycles. The van der Waals surface area contributed by atoms with E-state index in [1.807, 2.05) is 224 Å². The quantitative estimate of drug-likeness (QED) is 0.0353. The molecule has 0 amide bonds. The van der Waals surface area contributed by atoms with Crippen LogP contribution in [0, 0.1) is 0 Å². The number of phosphoric ester groups is 3. The number of hydrogen-bond acceptors (Lipinski definition) is 22. The largest absolute Gasteiger partial charge is 0.475 e. The molecule has 0 unspecified atom stereocenters. The highest BCUT2D eigenvalue weighted by Gasteiger charge is 2.59. The Morgan fingerprint density at radius 2 is 0.657 bits per heavy atom. The highest BCUT2D eigenvalue weighted by Crippen LogP contribution is 2.60. The summed E-state index contributed by atoms with van der Waals surface area (Å²) in [5, 5.41) is 0. The summed E-state index contributed by atoms with van der Waals surface area (Å²) in [5.41, 5.74) is 12.9. The zero-order valence-electron chi connectivity index (χ0n) is 57.2. The first-order valence-corrected chi connectivity index (χ1v) is 38.6. The smallest absolute Gasteiger partial charge is 0.382 e. The molecule has 2 aromatic heterocycles. The van der Waals surface area contributed by atoms with Gasteiger partial charge in [0.1, 0.15) is 54.6 Å². The second kappa shape index (κ2) is 37.1. The number of hydrogen-bond donors (Lipinski definition) is 1. The Hall–Kier alpha value is -8.58. The van der Waals surface area contributed by atoms with Gasteiger partial charge in [-0.05, 0) is 50.1 Å². The maximum absolute atomic E-state index is 16.5. The fourth-order valence-electron chi connectivity index (χ4n) is 11.7. The number of nitrogens with two attached hydrogens (primary N) is 1. The molecule has 9 atom stereocenters. The van der Waals surface area contributed by atoms with Gasteiger partial charge in [0, 0.05) is 0 Å². The van der Waals surface area contributed by atoms with Gasteiger partial charge in [-0.15, -0.1) is 0 Å². The molecule has 0 radical (unpaired) electrons. The third-order valence-electron chi connectivity index (χ3n) is 17.0. The van der Waals surface area contributed by atoms with Gasteiger partial charge in [-0.3, -0.25) is 45.3 Å². The third kappa shape index (κ3) is 21.2. The lowest BCUT2D eigenvalue weighted by atomic mass is 9.98. The molecule has 2 aliphatic heterocycles. The van der Waals surface area contributed by atoms with Crippen LogP contribution in [0.15, 0.2) is 286 Å². The predicted octanol–water partition coefficient (Wildman–Crippen LogP) is 16.2. The Balaban J connectivity index is 0.977. The van der Waals surface area contributed by atoms with Crippen molar-refractivity contribution in [3.05, 3.63) is 336 Å². The number of aromatic nitrogens is 4. The van der Waals surface area contributed by atoms with Crippen molar-refractivity contribution in [2.45, 2.75) is 115 Å². The van der Waals surface area contributed by atoms with E-state index in [1.54, 1.807) is 53.1 Å². The van der Waals surface area contributed by atoms with Crippen molar-refractivity contribution in [1.29, 1.82) is 0 Å². The minimum atomic E-state index is -5.03. The maximum atomic E-state index is 16.5. The SMILES string of the molecule is Nc1ncnc2c1ncn2[C@@H]1O[C@H](COCc2ccccc2)[C@@H](O[C@H]2O[C@H](COCc3ccccc3)[C@@H](OP(=O)(OCc3ccccc3)OCc3ccccc3)[C@H](OP(=O)(OCc3ccccc3)OCc3ccccc3)[C@@H]2OCc2ccccc2)[C@H]1OP(=O)(OCc1ccccc1)OCc1ccccc1. The van der Waals surface area contributed by atoms with Gasteiger partial charge in [0.05, 0.1) is 79.0 Å². The fraction of sp³-hybridized carbons (Fsp3) is 0.253. The molecule has 0 bridgehead atoms. The van der Waals surface area contributed by atoms with E-state index in [2.05, 4.69) is 15.0 Å². The Morgan fingerprint density at radius 3 is 1.02 bits per heavy atom. The number of phosphoric acid groups is 3.